The molecule has 1 saturated carbocycles. The number of piperidine rings is 1. The fourth-order valence-electron chi connectivity index (χ4n) is 7.41. The molecule has 0 unspecified atom stereocenters. The van der Waals surface area contributed by atoms with Crippen LogP contribution < -0.4 is 19.3 Å². The smallest absolute Gasteiger partial charge is 0.232 e. The summed E-state index contributed by atoms with van der Waals surface area (Å²) in [6.45, 7) is 5.81. The Kier molecular flexibility index (Phi) is 9.73. The van der Waals surface area contributed by atoms with Crippen LogP contribution in [0.3, 0.4) is 0 Å². The summed E-state index contributed by atoms with van der Waals surface area (Å²) < 4.78 is 11.8. The summed E-state index contributed by atoms with van der Waals surface area (Å²) in [6.07, 6.45) is 9.29. The van der Waals surface area contributed by atoms with Gasteiger partial charge in [-0.2, -0.15) is 0 Å². The number of ether oxygens (including phenoxy) is 2. The second kappa shape index (κ2) is 13.9. The third-order valence-corrected chi connectivity index (χ3v) is 9.94. The van der Waals surface area contributed by atoms with Crippen molar-refractivity contribution in [2.24, 2.45) is 5.92 Å². The van der Waals surface area contributed by atoms with Crippen LogP contribution in [0.15, 0.2) is 54.7 Å². The quantitative estimate of drug-likeness (QED) is 0.245. The summed E-state index contributed by atoms with van der Waals surface area (Å²) in [4.78, 5) is 37.4. The van der Waals surface area contributed by atoms with Gasteiger partial charge in [0.05, 0.1) is 37.6 Å². The third-order valence-electron chi connectivity index (χ3n) is 9.69. The Morgan fingerprint density at radius 1 is 0.978 bits per heavy atom. The van der Waals surface area contributed by atoms with Gasteiger partial charge in [0.15, 0.2) is 11.5 Å². The van der Waals surface area contributed by atoms with Crippen molar-refractivity contribution in [3.05, 3.63) is 76.4 Å². The number of carbonyl (C=O) groups is 2. The van der Waals surface area contributed by atoms with Gasteiger partial charge >= 0.3 is 0 Å². The Morgan fingerprint density at radius 2 is 1.74 bits per heavy atom. The highest BCUT2D eigenvalue weighted by atomic mass is 35.5. The van der Waals surface area contributed by atoms with Gasteiger partial charge < -0.3 is 19.3 Å². The fraction of sp³-hybridized carbons (Fsp3) is 0.486. The first kappa shape index (κ1) is 32.2. The Bertz CT molecular complexity index is 1540. The molecule has 0 radical (unpaired) electrons. The van der Waals surface area contributed by atoms with Crippen LogP contribution in [0.25, 0.3) is 0 Å². The van der Waals surface area contributed by atoms with Crippen molar-refractivity contribution in [1.82, 2.24) is 9.88 Å². The van der Waals surface area contributed by atoms with Crippen LogP contribution in [-0.4, -0.2) is 61.1 Å². The molecule has 1 aliphatic carbocycles. The minimum absolute atomic E-state index is 0.0149. The Labute approximate surface area is 277 Å². The number of carbonyl (C=O) groups excluding carboxylic acids is 2. The van der Waals surface area contributed by atoms with Gasteiger partial charge in [-0.05, 0) is 111 Å². The molecule has 46 heavy (non-hydrogen) atoms. The van der Waals surface area contributed by atoms with Gasteiger partial charge in [0, 0.05) is 37.6 Å². The molecule has 0 spiro atoms. The van der Waals surface area contributed by atoms with E-state index in [9.17, 15) is 9.59 Å². The second-order valence-electron chi connectivity index (χ2n) is 13.2. The molecule has 2 aliphatic heterocycles. The summed E-state index contributed by atoms with van der Waals surface area (Å²) in [7, 11) is 3.71. The minimum Gasteiger partial charge on any atom is -0.493 e. The molecule has 3 heterocycles. The van der Waals surface area contributed by atoms with E-state index in [2.05, 4.69) is 16.8 Å². The first-order valence-corrected chi connectivity index (χ1v) is 17.0. The molecule has 0 bridgehead atoms. The Hall–Kier alpha value is -3.78. The SMILES string of the molecule is COc1cc2c(cc1OC(C)C)[C@H](c1ccc(Cl)cc1)N(c1ccc(N(C)C[C@H]3CC[C@H](N4CCCCC4=O)CC3)nc1)C(=O)C2. The molecule has 9 heteroatoms. The molecule has 2 aromatic carbocycles. The predicted octanol–water partition coefficient (Wildman–Crippen LogP) is 7.22. The second-order valence-corrected chi connectivity index (χ2v) is 13.7. The standard InChI is InChI=1S/C37H45ClN4O4/c1-24(2)46-33-21-31-27(19-32(33)45-4)20-36(44)42(37(31)26-10-12-28(38)13-11-26)30-16-17-34(39-22-30)40(3)23-25-8-14-29(15-9-25)41-18-6-5-7-35(41)43/h10-13,16-17,19,21-22,24-25,29,37H,5-9,14-15,18,20,23H2,1-4H3/t25-,29-,37-/m0/s1. The van der Waals surface area contributed by atoms with Gasteiger partial charge in [-0.3, -0.25) is 14.5 Å². The maximum atomic E-state index is 13.9. The lowest BCUT2D eigenvalue weighted by Crippen LogP contribution is -2.45. The first-order valence-electron chi connectivity index (χ1n) is 16.6. The summed E-state index contributed by atoms with van der Waals surface area (Å²) in [6, 6.07) is 15.6. The van der Waals surface area contributed by atoms with Crippen LogP contribution in [0.4, 0.5) is 11.5 Å². The molecular formula is C37H45ClN4O4. The topological polar surface area (TPSA) is 75.2 Å². The number of rotatable bonds is 9. The highest BCUT2D eigenvalue weighted by Crippen LogP contribution is 2.44. The number of anilines is 2. The van der Waals surface area contributed by atoms with E-state index in [-0.39, 0.29) is 24.5 Å². The van der Waals surface area contributed by atoms with E-state index in [0.717, 1.165) is 79.8 Å². The number of hydrogen-bond acceptors (Lipinski definition) is 6. The zero-order chi connectivity index (χ0) is 32.4. The molecule has 2 fully saturated rings. The maximum Gasteiger partial charge on any atom is 0.232 e. The molecule has 244 valence electrons. The molecule has 3 aliphatic rings. The van der Waals surface area contributed by atoms with Crippen LogP contribution in [0.2, 0.25) is 5.02 Å². The van der Waals surface area contributed by atoms with Crippen molar-refractivity contribution in [3.8, 4) is 11.5 Å². The molecule has 0 N–H and O–H groups in total. The van der Waals surface area contributed by atoms with E-state index in [1.807, 2.05) is 73.5 Å². The Morgan fingerprint density at radius 3 is 2.39 bits per heavy atom. The van der Waals surface area contributed by atoms with Crippen molar-refractivity contribution in [3.63, 3.8) is 0 Å². The first-order chi connectivity index (χ1) is 22.2. The third kappa shape index (κ3) is 6.82. The van der Waals surface area contributed by atoms with Crippen LogP contribution in [0, 0.1) is 5.92 Å². The molecule has 2 amide bonds. The van der Waals surface area contributed by atoms with Gasteiger partial charge in [-0.25, -0.2) is 4.98 Å². The van der Waals surface area contributed by atoms with Crippen LogP contribution in [0.5, 0.6) is 11.5 Å². The molecule has 6 rings (SSSR count). The van der Waals surface area contributed by atoms with E-state index in [1.54, 1.807) is 7.11 Å². The fourth-order valence-corrected chi connectivity index (χ4v) is 7.53. The van der Waals surface area contributed by atoms with Gasteiger partial charge in [0.1, 0.15) is 5.82 Å². The van der Waals surface area contributed by atoms with Crippen molar-refractivity contribution in [2.75, 3.05) is 37.0 Å². The number of pyridine rings is 1. The normalized spacial score (nSPS) is 21.7. The number of hydrogen-bond donors (Lipinski definition) is 0. The van der Waals surface area contributed by atoms with E-state index in [0.29, 0.717) is 40.8 Å². The van der Waals surface area contributed by atoms with Crippen molar-refractivity contribution >= 4 is 34.9 Å². The summed E-state index contributed by atoms with van der Waals surface area (Å²) in [5.41, 5.74) is 3.59. The molecular weight excluding hydrogens is 600 g/mol. The zero-order valence-corrected chi connectivity index (χ0v) is 28.1. The summed E-state index contributed by atoms with van der Waals surface area (Å²) >= 11 is 6.27. The van der Waals surface area contributed by atoms with E-state index in [4.69, 9.17) is 26.1 Å². The number of nitrogens with zero attached hydrogens (tertiary/aromatic N) is 4. The number of halogens is 1. The molecule has 1 saturated heterocycles. The van der Waals surface area contributed by atoms with Crippen molar-refractivity contribution in [2.45, 2.75) is 83.4 Å². The van der Waals surface area contributed by atoms with Crippen LogP contribution in [-0.2, 0) is 16.0 Å². The number of amides is 2. The van der Waals surface area contributed by atoms with Gasteiger partial charge in [0.2, 0.25) is 11.8 Å². The minimum atomic E-state index is -0.388. The lowest BCUT2D eigenvalue weighted by atomic mass is 9.84. The van der Waals surface area contributed by atoms with Crippen LogP contribution >= 0.6 is 11.6 Å². The number of likely N-dealkylation sites (tertiary alicyclic amines) is 1. The van der Waals surface area contributed by atoms with Gasteiger partial charge in [-0.1, -0.05) is 23.7 Å². The highest BCUT2D eigenvalue weighted by molar-refractivity contribution is 6.30. The van der Waals surface area contributed by atoms with E-state index < -0.39 is 0 Å². The molecule has 3 aromatic rings. The van der Waals surface area contributed by atoms with Gasteiger partial charge in [-0.15, -0.1) is 0 Å². The maximum absolute atomic E-state index is 13.9. The predicted molar refractivity (Wildman–Crippen MR) is 182 cm³/mol. The summed E-state index contributed by atoms with van der Waals surface area (Å²) in [5.74, 6) is 3.04. The van der Waals surface area contributed by atoms with Crippen molar-refractivity contribution in [1.29, 1.82) is 0 Å². The highest BCUT2D eigenvalue weighted by Gasteiger charge is 2.36. The number of aromatic nitrogens is 1. The summed E-state index contributed by atoms with van der Waals surface area (Å²) in [5, 5.41) is 0.638. The Balaban J connectivity index is 1.21. The average Bonchev–Trinajstić information content (AvgIpc) is 3.05. The monoisotopic (exact) mass is 644 g/mol. The number of methoxy groups -OCH3 is 1. The number of benzene rings is 2. The van der Waals surface area contributed by atoms with Crippen molar-refractivity contribution < 1.29 is 19.1 Å². The molecule has 1 atom stereocenters. The average molecular weight is 645 g/mol. The molecule has 8 nitrogen and oxygen atoms in total. The molecule has 1 aromatic heterocycles. The van der Waals surface area contributed by atoms with Crippen LogP contribution in [0.1, 0.15) is 81.5 Å². The van der Waals surface area contributed by atoms with E-state index in [1.165, 1.54) is 0 Å². The van der Waals surface area contributed by atoms with E-state index >= 15 is 0 Å². The number of fused-ring (bicyclic) bond motifs is 1. The lowest BCUT2D eigenvalue weighted by Gasteiger charge is -2.39. The lowest BCUT2D eigenvalue weighted by molar-refractivity contribution is -0.136. The van der Waals surface area contributed by atoms with Gasteiger partial charge in [0.25, 0.3) is 0 Å². The zero-order valence-electron chi connectivity index (χ0n) is 27.4. The largest absolute Gasteiger partial charge is 0.493 e.